The molecule has 23 heavy (non-hydrogen) atoms. The van der Waals surface area contributed by atoms with Crippen molar-refractivity contribution in [2.45, 2.75) is 6.04 Å². The summed E-state index contributed by atoms with van der Waals surface area (Å²) in [6.45, 7) is -0.189. The Hall–Kier alpha value is -2.37. The SMILES string of the molecule is OCC(c1ccc(F)cc1)n1ccnc1-c1cccc(O)c1Cl. The molecule has 0 saturated carbocycles. The van der Waals surface area contributed by atoms with Crippen LogP contribution in [0.1, 0.15) is 11.6 Å². The first-order valence-electron chi connectivity index (χ1n) is 6.99. The van der Waals surface area contributed by atoms with E-state index in [1.165, 1.54) is 18.2 Å². The van der Waals surface area contributed by atoms with Gasteiger partial charge in [0.05, 0.1) is 17.7 Å². The van der Waals surface area contributed by atoms with Gasteiger partial charge < -0.3 is 14.8 Å². The third-order valence-electron chi connectivity index (χ3n) is 3.65. The molecule has 0 saturated heterocycles. The summed E-state index contributed by atoms with van der Waals surface area (Å²) in [4.78, 5) is 4.28. The summed E-state index contributed by atoms with van der Waals surface area (Å²) in [5.74, 6) is 0.127. The van der Waals surface area contributed by atoms with Crippen LogP contribution in [0, 0.1) is 5.82 Å². The van der Waals surface area contributed by atoms with E-state index in [0.29, 0.717) is 11.4 Å². The number of aromatic hydroxyl groups is 1. The van der Waals surface area contributed by atoms with Gasteiger partial charge in [-0.05, 0) is 29.8 Å². The third-order valence-corrected chi connectivity index (χ3v) is 4.05. The van der Waals surface area contributed by atoms with Gasteiger partial charge in [0, 0.05) is 18.0 Å². The number of nitrogens with zero attached hydrogens (tertiary/aromatic N) is 2. The zero-order valence-electron chi connectivity index (χ0n) is 12.0. The fourth-order valence-corrected chi connectivity index (χ4v) is 2.72. The average molecular weight is 333 g/mol. The molecule has 0 spiro atoms. The molecule has 3 aromatic rings. The number of halogens is 2. The van der Waals surface area contributed by atoms with Gasteiger partial charge in [0.15, 0.2) is 0 Å². The minimum Gasteiger partial charge on any atom is -0.506 e. The van der Waals surface area contributed by atoms with E-state index in [2.05, 4.69) is 4.98 Å². The van der Waals surface area contributed by atoms with Gasteiger partial charge in [0.25, 0.3) is 0 Å². The molecule has 2 aromatic carbocycles. The van der Waals surface area contributed by atoms with E-state index in [9.17, 15) is 14.6 Å². The topological polar surface area (TPSA) is 58.3 Å². The predicted octanol–water partition coefficient (Wildman–Crippen LogP) is 3.63. The van der Waals surface area contributed by atoms with E-state index in [-0.39, 0.29) is 23.2 Å². The molecule has 3 rings (SSSR count). The first kappa shape index (κ1) is 15.5. The quantitative estimate of drug-likeness (QED) is 0.767. The number of rotatable bonds is 4. The Kier molecular flexibility index (Phi) is 4.32. The van der Waals surface area contributed by atoms with Crippen LogP contribution in [-0.4, -0.2) is 26.4 Å². The lowest BCUT2D eigenvalue weighted by Crippen LogP contribution is -2.15. The van der Waals surface area contributed by atoms with Crippen LogP contribution in [0.15, 0.2) is 54.9 Å². The Balaban J connectivity index is 2.09. The molecule has 1 aromatic heterocycles. The van der Waals surface area contributed by atoms with Crippen molar-refractivity contribution < 1.29 is 14.6 Å². The third kappa shape index (κ3) is 2.93. The lowest BCUT2D eigenvalue weighted by atomic mass is 10.1. The zero-order chi connectivity index (χ0) is 16.4. The van der Waals surface area contributed by atoms with Crippen LogP contribution in [0.5, 0.6) is 5.75 Å². The molecular weight excluding hydrogens is 319 g/mol. The highest BCUT2D eigenvalue weighted by Crippen LogP contribution is 2.35. The largest absolute Gasteiger partial charge is 0.506 e. The predicted molar refractivity (Wildman–Crippen MR) is 86.0 cm³/mol. The van der Waals surface area contributed by atoms with E-state index in [4.69, 9.17) is 11.6 Å². The maximum atomic E-state index is 13.1. The van der Waals surface area contributed by atoms with Crippen LogP contribution in [0.4, 0.5) is 4.39 Å². The second-order valence-corrected chi connectivity index (χ2v) is 5.42. The molecule has 2 N–H and O–H groups in total. The van der Waals surface area contributed by atoms with Gasteiger partial charge in [-0.25, -0.2) is 9.37 Å². The highest BCUT2D eigenvalue weighted by molar-refractivity contribution is 6.34. The number of hydrogen-bond acceptors (Lipinski definition) is 3. The molecule has 118 valence electrons. The monoisotopic (exact) mass is 332 g/mol. The van der Waals surface area contributed by atoms with Crippen LogP contribution in [-0.2, 0) is 0 Å². The maximum absolute atomic E-state index is 13.1. The Morgan fingerprint density at radius 3 is 2.61 bits per heavy atom. The first-order valence-corrected chi connectivity index (χ1v) is 7.36. The van der Waals surface area contributed by atoms with Crippen molar-refractivity contribution in [3.63, 3.8) is 0 Å². The molecular formula is C17H14ClFN2O2. The van der Waals surface area contributed by atoms with Crippen molar-refractivity contribution in [2.24, 2.45) is 0 Å². The Morgan fingerprint density at radius 1 is 1.17 bits per heavy atom. The number of aromatic nitrogens is 2. The summed E-state index contributed by atoms with van der Waals surface area (Å²) in [7, 11) is 0. The summed E-state index contributed by atoms with van der Waals surface area (Å²) in [5, 5.41) is 19.8. The molecule has 0 bridgehead atoms. The van der Waals surface area contributed by atoms with Crippen LogP contribution in [0.2, 0.25) is 5.02 Å². The molecule has 0 amide bonds. The van der Waals surface area contributed by atoms with Gasteiger partial charge in [-0.1, -0.05) is 29.8 Å². The molecule has 1 atom stereocenters. The minimum atomic E-state index is -0.438. The van der Waals surface area contributed by atoms with Crippen LogP contribution in [0.3, 0.4) is 0 Å². The van der Waals surface area contributed by atoms with Crippen molar-refractivity contribution in [1.29, 1.82) is 0 Å². The number of phenolic OH excluding ortho intramolecular Hbond substituents is 1. The second kappa shape index (κ2) is 6.40. The Labute approximate surface area is 137 Å². The number of aliphatic hydroxyl groups excluding tert-OH is 1. The minimum absolute atomic E-state index is 0.0407. The standard InChI is InChI=1S/C17H14ClFN2O2/c18-16-13(2-1-3-15(16)23)17-20-8-9-21(17)14(10-22)11-4-6-12(19)7-5-11/h1-9,14,22-23H,10H2. The molecule has 0 aliphatic rings. The molecule has 4 nitrogen and oxygen atoms in total. The molecule has 1 heterocycles. The molecule has 1 unspecified atom stereocenters. The van der Waals surface area contributed by atoms with Gasteiger partial charge in [-0.3, -0.25) is 0 Å². The van der Waals surface area contributed by atoms with Crippen molar-refractivity contribution in [3.8, 4) is 17.1 Å². The molecule has 0 radical (unpaired) electrons. The number of imidazole rings is 1. The van der Waals surface area contributed by atoms with Gasteiger partial charge in [0.1, 0.15) is 17.4 Å². The molecule has 0 aliphatic carbocycles. The lowest BCUT2D eigenvalue weighted by molar-refractivity contribution is 0.250. The number of aliphatic hydroxyl groups is 1. The lowest BCUT2D eigenvalue weighted by Gasteiger charge is -2.19. The molecule has 0 aliphatic heterocycles. The van der Waals surface area contributed by atoms with E-state index in [1.807, 2.05) is 0 Å². The van der Waals surface area contributed by atoms with E-state index in [0.717, 1.165) is 5.56 Å². The smallest absolute Gasteiger partial charge is 0.142 e. The normalized spacial score (nSPS) is 12.3. The summed E-state index contributed by atoms with van der Waals surface area (Å²) in [5.41, 5.74) is 1.29. The average Bonchev–Trinajstić information content (AvgIpc) is 3.02. The summed E-state index contributed by atoms with van der Waals surface area (Å²) in [6.07, 6.45) is 3.29. The summed E-state index contributed by atoms with van der Waals surface area (Å²) < 4.78 is 14.9. The Bertz CT molecular complexity index is 818. The molecule has 6 heteroatoms. The van der Waals surface area contributed by atoms with Crippen molar-refractivity contribution >= 4 is 11.6 Å². The van der Waals surface area contributed by atoms with Gasteiger partial charge in [0.2, 0.25) is 0 Å². The van der Waals surface area contributed by atoms with E-state index < -0.39 is 6.04 Å². The maximum Gasteiger partial charge on any atom is 0.142 e. The molecule has 0 fully saturated rings. The fraction of sp³-hybridized carbons (Fsp3) is 0.118. The number of hydrogen-bond donors (Lipinski definition) is 2. The van der Waals surface area contributed by atoms with Gasteiger partial charge in [-0.15, -0.1) is 0 Å². The number of phenols is 1. The summed E-state index contributed by atoms with van der Waals surface area (Å²) >= 11 is 6.16. The van der Waals surface area contributed by atoms with Crippen LogP contribution in [0.25, 0.3) is 11.4 Å². The van der Waals surface area contributed by atoms with Crippen molar-refractivity contribution in [1.82, 2.24) is 9.55 Å². The van der Waals surface area contributed by atoms with Gasteiger partial charge >= 0.3 is 0 Å². The summed E-state index contributed by atoms with van der Waals surface area (Å²) in [6, 6.07) is 10.4. The van der Waals surface area contributed by atoms with Crippen LogP contribution >= 0.6 is 11.6 Å². The number of benzene rings is 2. The van der Waals surface area contributed by atoms with E-state index in [1.54, 1.807) is 41.2 Å². The fourth-order valence-electron chi connectivity index (χ4n) is 2.50. The van der Waals surface area contributed by atoms with Gasteiger partial charge in [-0.2, -0.15) is 0 Å². The second-order valence-electron chi connectivity index (χ2n) is 5.05. The van der Waals surface area contributed by atoms with Crippen molar-refractivity contribution in [2.75, 3.05) is 6.61 Å². The zero-order valence-corrected chi connectivity index (χ0v) is 12.8. The Morgan fingerprint density at radius 2 is 1.91 bits per heavy atom. The first-order chi connectivity index (χ1) is 11.1. The highest BCUT2D eigenvalue weighted by Gasteiger charge is 2.19. The highest BCUT2D eigenvalue weighted by atomic mass is 35.5. The van der Waals surface area contributed by atoms with Crippen molar-refractivity contribution in [3.05, 3.63) is 71.3 Å². The van der Waals surface area contributed by atoms with Crippen LogP contribution < -0.4 is 0 Å². The van der Waals surface area contributed by atoms with E-state index >= 15 is 0 Å².